The van der Waals surface area contributed by atoms with Gasteiger partial charge in [0.1, 0.15) is 29.4 Å². The van der Waals surface area contributed by atoms with Gasteiger partial charge in [0.05, 0.1) is 18.7 Å². The van der Waals surface area contributed by atoms with E-state index in [4.69, 9.17) is 18.3 Å². The summed E-state index contributed by atoms with van der Waals surface area (Å²) in [5.41, 5.74) is 2.39. The molecule has 5 aromatic rings. The molecular formula is C22H19N3O4. The molecular weight excluding hydrogens is 370 g/mol. The van der Waals surface area contributed by atoms with Crippen molar-refractivity contribution in [3.63, 3.8) is 0 Å². The number of aryl methyl sites for hydroxylation is 1. The number of benzene rings is 2. The summed E-state index contributed by atoms with van der Waals surface area (Å²) < 4.78 is 24.7. The van der Waals surface area contributed by atoms with Crippen LogP contribution in [0.4, 0.5) is 0 Å². The first-order valence-electron chi connectivity index (χ1n) is 9.37. The van der Waals surface area contributed by atoms with Crippen LogP contribution in [0.2, 0.25) is 0 Å². The Hall–Kier alpha value is -3.74. The van der Waals surface area contributed by atoms with Crippen molar-refractivity contribution in [1.82, 2.24) is 14.6 Å². The zero-order valence-corrected chi connectivity index (χ0v) is 16.1. The van der Waals surface area contributed by atoms with E-state index in [1.54, 1.807) is 17.8 Å². The zero-order chi connectivity index (χ0) is 19.8. The van der Waals surface area contributed by atoms with Crippen LogP contribution in [0.15, 0.2) is 63.6 Å². The Bertz CT molecular complexity index is 1250. The molecule has 7 heteroatoms. The van der Waals surface area contributed by atoms with Crippen molar-refractivity contribution in [3.05, 3.63) is 66.2 Å². The smallest absolute Gasteiger partial charge is 0.325 e. The molecule has 0 saturated carbocycles. The van der Waals surface area contributed by atoms with Gasteiger partial charge in [-0.2, -0.15) is 9.50 Å². The fourth-order valence-electron chi connectivity index (χ4n) is 3.18. The van der Waals surface area contributed by atoms with Crippen LogP contribution in [0.1, 0.15) is 18.4 Å². The molecule has 0 aliphatic carbocycles. The third kappa shape index (κ3) is 3.20. The fourth-order valence-corrected chi connectivity index (χ4v) is 3.18. The fraction of sp³-hybridized carbons (Fsp3) is 0.182. The molecule has 0 aliphatic heterocycles. The molecule has 2 aromatic carbocycles. The number of hydrogen-bond acceptors (Lipinski definition) is 6. The SMILES string of the molecule is CCc1nn2cc(-c3cc4c(OCc5ccccc5)cc(OC)cc4o3)nc2o1. The third-order valence-corrected chi connectivity index (χ3v) is 4.69. The van der Waals surface area contributed by atoms with Crippen molar-refractivity contribution in [2.45, 2.75) is 20.0 Å². The number of imidazole rings is 1. The highest BCUT2D eigenvalue weighted by atomic mass is 16.5. The predicted molar refractivity (Wildman–Crippen MR) is 107 cm³/mol. The van der Waals surface area contributed by atoms with E-state index in [2.05, 4.69) is 10.1 Å². The van der Waals surface area contributed by atoms with Crippen LogP contribution in [0, 0.1) is 0 Å². The summed E-state index contributed by atoms with van der Waals surface area (Å²) in [4.78, 5) is 4.48. The number of methoxy groups -OCH3 is 1. The quantitative estimate of drug-likeness (QED) is 0.412. The largest absolute Gasteiger partial charge is 0.496 e. The maximum atomic E-state index is 6.07. The van der Waals surface area contributed by atoms with Crippen LogP contribution in [0.5, 0.6) is 11.5 Å². The Labute approximate surface area is 166 Å². The number of nitrogens with zero attached hydrogens (tertiary/aromatic N) is 3. The molecule has 0 amide bonds. The van der Waals surface area contributed by atoms with Gasteiger partial charge in [-0.3, -0.25) is 0 Å². The van der Waals surface area contributed by atoms with Crippen LogP contribution in [-0.4, -0.2) is 21.7 Å². The minimum Gasteiger partial charge on any atom is -0.496 e. The number of furan rings is 1. The number of rotatable bonds is 6. The molecule has 3 aromatic heterocycles. The van der Waals surface area contributed by atoms with E-state index < -0.39 is 0 Å². The van der Waals surface area contributed by atoms with Crippen molar-refractivity contribution < 1.29 is 18.3 Å². The van der Waals surface area contributed by atoms with E-state index in [1.165, 1.54) is 0 Å². The normalized spacial score (nSPS) is 11.4. The molecule has 0 radical (unpaired) electrons. The van der Waals surface area contributed by atoms with Gasteiger partial charge in [-0.1, -0.05) is 37.3 Å². The molecule has 5 rings (SSSR count). The van der Waals surface area contributed by atoms with Crippen LogP contribution in [0.25, 0.3) is 28.3 Å². The second kappa shape index (κ2) is 7.01. The van der Waals surface area contributed by atoms with E-state index in [9.17, 15) is 0 Å². The molecule has 0 saturated heterocycles. The Kier molecular flexibility index (Phi) is 4.20. The lowest BCUT2D eigenvalue weighted by atomic mass is 10.2. The molecule has 29 heavy (non-hydrogen) atoms. The Balaban J connectivity index is 1.52. The number of fused-ring (bicyclic) bond motifs is 2. The van der Waals surface area contributed by atoms with Crippen molar-refractivity contribution in [3.8, 4) is 23.0 Å². The number of ether oxygens (including phenoxy) is 2. The minimum atomic E-state index is 0.440. The number of hydrogen-bond donors (Lipinski definition) is 0. The van der Waals surface area contributed by atoms with Gasteiger partial charge < -0.3 is 18.3 Å². The topological polar surface area (TPSA) is 74.9 Å². The van der Waals surface area contributed by atoms with Gasteiger partial charge in [0.15, 0.2) is 5.76 Å². The van der Waals surface area contributed by atoms with Crippen molar-refractivity contribution in [2.75, 3.05) is 7.11 Å². The summed E-state index contributed by atoms with van der Waals surface area (Å²) in [5.74, 6) is 3.04. The van der Waals surface area contributed by atoms with Gasteiger partial charge >= 0.3 is 5.84 Å². The van der Waals surface area contributed by atoms with Crippen molar-refractivity contribution >= 4 is 16.8 Å². The van der Waals surface area contributed by atoms with Gasteiger partial charge in [-0.05, 0) is 11.6 Å². The Morgan fingerprint density at radius 3 is 2.69 bits per heavy atom. The molecule has 7 nitrogen and oxygen atoms in total. The lowest BCUT2D eigenvalue weighted by molar-refractivity contribution is 0.307. The first-order chi connectivity index (χ1) is 14.2. The van der Waals surface area contributed by atoms with E-state index in [-0.39, 0.29) is 0 Å². The van der Waals surface area contributed by atoms with E-state index in [1.807, 2.05) is 55.5 Å². The van der Waals surface area contributed by atoms with Gasteiger partial charge in [0.2, 0.25) is 5.89 Å². The lowest BCUT2D eigenvalue weighted by Crippen LogP contribution is -1.96. The van der Waals surface area contributed by atoms with E-state index in [0.29, 0.717) is 53.3 Å². The van der Waals surface area contributed by atoms with Crippen molar-refractivity contribution in [2.24, 2.45) is 0 Å². The molecule has 0 atom stereocenters. The lowest BCUT2D eigenvalue weighted by Gasteiger charge is -2.09. The molecule has 0 N–H and O–H groups in total. The molecule has 0 spiro atoms. The average Bonchev–Trinajstić information content (AvgIpc) is 3.44. The van der Waals surface area contributed by atoms with Crippen molar-refractivity contribution in [1.29, 1.82) is 0 Å². The number of aromatic nitrogens is 3. The first-order valence-corrected chi connectivity index (χ1v) is 9.37. The Morgan fingerprint density at radius 2 is 1.93 bits per heavy atom. The summed E-state index contributed by atoms with van der Waals surface area (Å²) in [6.07, 6.45) is 2.50. The molecule has 0 fully saturated rings. The summed E-state index contributed by atoms with van der Waals surface area (Å²) >= 11 is 0. The zero-order valence-electron chi connectivity index (χ0n) is 16.1. The minimum absolute atomic E-state index is 0.440. The maximum absolute atomic E-state index is 6.07. The summed E-state index contributed by atoms with van der Waals surface area (Å²) in [6.45, 7) is 2.43. The second-order valence-corrected chi connectivity index (χ2v) is 6.62. The van der Waals surface area contributed by atoms with Crippen LogP contribution in [0.3, 0.4) is 0 Å². The standard InChI is InChI=1S/C22H19N3O4/c1-3-21-24-25-12-17(23-22(25)29-21)20-11-16-18(9-15(26-2)10-19(16)28-20)27-13-14-7-5-4-6-8-14/h4-12H,3,13H2,1-2H3. The van der Waals surface area contributed by atoms with Crippen LogP contribution < -0.4 is 9.47 Å². The van der Waals surface area contributed by atoms with E-state index in [0.717, 1.165) is 10.9 Å². The molecule has 0 aliphatic rings. The summed E-state index contributed by atoms with van der Waals surface area (Å²) in [7, 11) is 1.62. The molecule has 146 valence electrons. The van der Waals surface area contributed by atoms with E-state index >= 15 is 0 Å². The monoisotopic (exact) mass is 389 g/mol. The molecule has 0 bridgehead atoms. The van der Waals surface area contributed by atoms with Gasteiger partial charge in [0, 0.05) is 18.6 Å². The summed E-state index contributed by atoms with van der Waals surface area (Å²) in [5, 5.41) is 5.19. The first kappa shape index (κ1) is 17.4. The summed E-state index contributed by atoms with van der Waals surface area (Å²) in [6, 6.07) is 15.6. The highest BCUT2D eigenvalue weighted by Gasteiger charge is 2.17. The van der Waals surface area contributed by atoms with Crippen LogP contribution >= 0.6 is 0 Å². The highest BCUT2D eigenvalue weighted by molar-refractivity contribution is 5.89. The predicted octanol–water partition coefficient (Wildman–Crippen LogP) is 4.89. The van der Waals surface area contributed by atoms with Gasteiger partial charge in [-0.25, -0.2) is 0 Å². The molecule has 0 unspecified atom stereocenters. The van der Waals surface area contributed by atoms with Crippen LogP contribution in [-0.2, 0) is 13.0 Å². The second-order valence-electron chi connectivity index (χ2n) is 6.62. The third-order valence-electron chi connectivity index (χ3n) is 4.69. The highest BCUT2D eigenvalue weighted by Crippen LogP contribution is 2.37. The van der Waals surface area contributed by atoms with Gasteiger partial charge in [-0.15, -0.1) is 5.10 Å². The maximum Gasteiger partial charge on any atom is 0.325 e. The average molecular weight is 389 g/mol. The molecule has 3 heterocycles. The Morgan fingerprint density at radius 1 is 1.07 bits per heavy atom. The van der Waals surface area contributed by atoms with Gasteiger partial charge in [0.25, 0.3) is 0 Å².